The summed E-state index contributed by atoms with van der Waals surface area (Å²) < 4.78 is 4.65. The number of aryl methyl sites for hydroxylation is 2. The Bertz CT molecular complexity index is 569. The summed E-state index contributed by atoms with van der Waals surface area (Å²) in [6, 6.07) is 9.02. The van der Waals surface area contributed by atoms with E-state index < -0.39 is 0 Å². The molecule has 0 unspecified atom stereocenters. The number of rotatable bonds is 15. The Morgan fingerprint density at radius 2 is 0.767 bits per heavy atom. The quantitative estimate of drug-likeness (QED) is 0.231. The highest BCUT2D eigenvalue weighted by atomic mass is 79.9. The summed E-state index contributed by atoms with van der Waals surface area (Å²) in [7, 11) is 0. The minimum atomic E-state index is 0. The highest BCUT2D eigenvalue weighted by molar-refractivity contribution is 5.60. The largest absolute Gasteiger partial charge is 1.00 e. The Morgan fingerprint density at radius 3 is 1.10 bits per heavy atom. The fourth-order valence-corrected chi connectivity index (χ4v) is 3.75. The molecule has 2 heterocycles. The average molecular weight is 542 g/mol. The van der Waals surface area contributed by atoms with E-state index >= 15 is 0 Å². The molecule has 0 N–H and O–H groups in total. The van der Waals surface area contributed by atoms with Crippen molar-refractivity contribution in [1.82, 2.24) is 0 Å². The van der Waals surface area contributed by atoms with Gasteiger partial charge in [0.2, 0.25) is 0 Å². The van der Waals surface area contributed by atoms with Gasteiger partial charge in [-0.2, -0.15) is 0 Å². The molecule has 0 saturated carbocycles. The van der Waals surface area contributed by atoms with Crippen LogP contribution in [0.3, 0.4) is 0 Å². The zero-order valence-electron chi connectivity index (χ0n) is 19.2. The molecule has 0 fully saturated rings. The summed E-state index contributed by atoms with van der Waals surface area (Å²) in [6.07, 6.45) is 25.2. The lowest BCUT2D eigenvalue weighted by Gasteiger charge is -2.02. The van der Waals surface area contributed by atoms with E-state index in [-0.39, 0.29) is 34.0 Å². The molecule has 0 amide bonds. The maximum Gasteiger partial charge on any atom is 0.169 e. The third kappa shape index (κ3) is 12.2. The van der Waals surface area contributed by atoms with Gasteiger partial charge in [0.1, 0.15) is 13.1 Å². The van der Waals surface area contributed by atoms with Gasteiger partial charge in [0.25, 0.3) is 0 Å². The molecule has 2 rings (SSSR count). The van der Waals surface area contributed by atoms with Crippen LogP contribution in [0.25, 0.3) is 11.1 Å². The number of nitrogens with zero attached hydrogens (tertiary/aromatic N) is 2. The van der Waals surface area contributed by atoms with Gasteiger partial charge in [0.05, 0.1) is 0 Å². The lowest BCUT2D eigenvalue weighted by Crippen LogP contribution is -3.00. The van der Waals surface area contributed by atoms with E-state index in [1.807, 2.05) is 0 Å². The smallest absolute Gasteiger partial charge is 0.169 e. The van der Waals surface area contributed by atoms with Gasteiger partial charge in [-0.1, -0.05) is 65.2 Å². The Balaban J connectivity index is 0.00000420. The molecule has 0 atom stereocenters. The topological polar surface area (TPSA) is 7.76 Å². The summed E-state index contributed by atoms with van der Waals surface area (Å²) in [6.45, 7) is 6.83. The number of aromatic nitrogens is 2. The van der Waals surface area contributed by atoms with Gasteiger partial charge in [-0.25, -0.2) is 9.13 Å². The van der Waals surface area contributed by atoms with Crippen molar-refractivity contribution in [2.24, 2.45) is 0 Å². The molecule has 0 spiro atoms. The van der Waals surface area contributed by atoms with E-state index in [0.717, 1.165) is 13.1 Å². The van der Waals surface area contributed by atoms with E-state index in [0.29, 0.717) is 0 Å². The summed E-state index contributed by atoms with van der Waals surface area (Å²) >= 11 is 0. The molecule has 0 bridgehead atoms. The Hall–Kier alpha value is -0.740. The maximum atomic E-state index is 2.32. The van der Waals surface area contributed by atoms with Crippen molar-refractivity contribution >= 4 is 0 Å². The van der Waals surface area contributed by atoms with E-state index in [4.69, 9.17) is 0 Å². The SMILES string of the molecule is CCCCCCCC[n+]1ccc(-c2cc[n+](CCCCCCCC)cc2)cc1.[Br-].[Br-]. The molecule has 0 aliphatic carbocycles. The fourth-order valence-electron chi connectivity index (χ4n) is 3.75. The molecule has 0 aromatic carbocycles. The summed E-state index contributed by atoms with van der Waals surface area (Å²) in [5, 5.41) is 0. The van der Waals surface area contributed by atoms with Gasteiger partial charge in [-0.3, -0.25) is 0 Å². The number of hydrogen-bond donors (Lipinski definition) is 0. The zero-order chi connectivity index (χ0) is 19.9. The van der Waals surface area contributed by atoms with Crippen molar-refractivity contribution in [1.29, 1.82) is 0 Å². The first kappa shape index (κ1) is 29.3. The van der Waals surface area contributed by atoms with Crippen molar-refractivity contribution in [3.63, 3.8) is 0 Å². The van der Waals surface area contributed by atoms with Crippen molar-refractivity contribution < 1.29 is 43.1 Å². The molecule has 4 heteroatoms. The minimum Gasteiger partial charge on any atom is -1.00 e. The minimum absolute atomic E-state index is 0. The number of unbranched alkanes of at least 4 members (excludes halogenated alkanes) is 10. The molecule has 0 saturated heterocycles. The van der Waals surface area contributed by atoms with Gasteiger partial charge >= 0.3 is 0 Å². The highest BCUT2D eigenvalue weighted by Gasteiger charge is 2.06. The van der Waals surface area contributed by atoms with E-state index in [9.17, 15) is 0 Å². The first-order valence-electron chi connectivity index (χ1n) is 11.8. The van der Waals surface area contributed by atoms with Crippen LogP contribution in [-0.4, -0.2) is 0 Å². The molecule has 30 heavy (non-hydrogen) atoms. The van der Waals surface area contributed by atoms with Crippen LogP contribution in [-0.2, 0) is 13.1 Å². The van der Waals surface area contributed by atoms with Crippen molar-refractivity contribution in [3.05, 3.63) is 49.1 Å². The lowest BCUT2D eigenvalue weighted by atomic mass is 10.1. The maximum absolute atomic E-state index is 2.32. The standard InChI is InChI=1S/C26H42N2.2BrH/c1-3-5-7-9-11-13-19-27-21-15-25(16-22-27)26-17-23-28(24-18-26)20-14-12-10-8-6-4-2;;/h15-18,21-24H,3-14,19-20H2,1-2H3;2*1H/q+2;;/p-2. The van der Waals surface area contributed by atoms with Gasteiger partial charge in [-0.05, 0) is 24.0 Å². The van der Waals surface area contributed by atoms with Crippen LogP contribution in [0.5, 0.6) is 0 Å². The van der Waals surface area contributed by atoms with Crippen molar-refractivity contribution in [3.8, 4) is 11.1 Å². The van der Waals surface area contributed by atoms with Crippen LogP contribution in [0.2, 0.25) is 0 Å². The Labute approximate surface area is 206 Å². The summed E-state index contributed by atoms with van der Waals surface area (Å²) in [5.41, 5.74) is 2.62. The molecule has 2 aromatic heterocycles. The van der Waals surface area contributed by atoms with Gasteiger partial charge < -0.3 is 34.0 Å². The van der Waals surface area contributed by atoms with Crippen LogP contribution >= 0.6 is 0 Å². The molecule has 0 aliphatic heterocycles. The highest BCUT2D eigenvalue weighted by Crippen LogP contribution is 2.16. The molecule has 2 nitrogen and oxygen atoms in total. The predicted octanol–water partition coefficient (Wildman–Crippen LogP) is 0.658. The second kappa shape index (κ2) is 19.0. The van der Waals surface area contributed by atoms with Crippen molar-refractivity contribution in [2.45, 2.75) is 104 Å². The van der Waals surface area contributed by atoms with Gasteiger partial charge in [0.15, 0.2) is 24.8 Å². The van der Waals surface area contributed by atoms with E-state index in [2.05, 4.69) is 72.0 Å². The summed E-state index contributed by atoms with van der Waals surface area (Å²) in [5.74, 6) is 0. The molecule has 0 aliphatic rings. The zero-order valence-corrected chi connectivity index (χ0v) is 22.3. The first-order valence-corrected chi connectivity index (χ1v) is 11.8. The lowest BCUT2D eigenvalue weighted by molar-refractivity contribution is -0.697. The second-order valence-corrected chi connectivity index (χ2v) is 8.18. The van der Waals surface area contributed by atoms with E-state index in [1.54, 1.807) is 0 Å². The number of hydrogen-bond acceptors (Lipinski definition) is 0. The fraction of sp³-hybridized carbons (Fsp3) is 0.615. The normalized spacial score (nSPS) is 10.3. The van der Waals surface area contributed by atoms with Crippen LogP contribution in [0.15, 0.2) is 49.1 Å². The second-order valence-electron chi connectivity index (χ2n) is 8.18. The molecular formula is C26H42Br2N2. The number of pyridine rings is 2. The summed E-state index contributed by atoms with van der Waals surface area (Å²) in [4.78, 5) is 0. The molecule has 2 aromatic rings. The van der Waals surface area contributed by atoms with Crippen LogP contribution in [0.4, 0.5) is 0 Å². The van der Waals surface area contributed by atoms with Gasteiger partial charge in [-0.15, -0.1) is 0 Å². The monoisotopic (exact) mass is 540 g/mol. The van der Waals surface area contributed by atoms with Crippen LogP contribution in [0, 0.1) is 0 Å². The van der Waals surface area contributed by atoms with Gasteiger partial charge in [0, 0.05) is 37.1 Å². The predicted molar refractivity (Wildman–Crippen MR) is 119 cm³/mol. The van der Waals surface area contributed by atoms with Crippen LogP contribution < -0.4 is 43.1 Å². The third-order valence-corrected chi connectivity index (χ3v) is 5.66. The van der Waals surface area contributed by atoms with Crippen molar-refractivity contribution in [2.75, 3.05) is 0 Å². The van der Waals surface area contributed by atoms with E-state index in [1.165, 1.54) is 88.2 Å². The number of halogens is 2. The molecule has 0 radical (unpaired) electrons. The third-order valence-electron chi connectivity index (χ3n) is 5.66. The Kier molecular flexibility index (Phi) is 18.5. The average Bonchev–Trinajstić information content (AvgIpc) is 2.74. The van der Waals surface area contributed by atoms with Crippen LogP contribution in [0.1, 0.15) is 90.9 Å². The Morgan fingerprint density at radius 1 is 0.467 bits per heavy atom. The first-order chi connectivity index (χ1) is 13.8. The molecular weight excluding hydrogens is 500 g/mol. The molecule has 170 valence electrons.